The molecule has 0 radical (unpaired) electrons. The van der Waals surface area contributed by atoms with Gasteiger partial charge in [-0.3, -0.25) is 0 Å². The van der Waals surface area contributed by atoms with Crippen molar-refractivity contribution in [2.24, 2.45) is 21.7 Å². The molecule has 0 spiro atoms. The van der Waals surface area contributed by atoms with Crippen LogP contribution >= 0.6 is 0 Å². The summed E-state index contributed by atoms with van der Waals surface area (Å²) >= 11 is 0. The number of hydrogen-bond donors (Lipinski definition) is 0. The molecule has 6 heteroatoms. The molecular formula is C12H6N6. The van der Waals surface area contributed by atoms with Gasteiger partial charge in [0.1, 0.15) is 18.2 Å². The third-order valence-corrected chi connectivity index (χ3v) is 4.25. The van der Waals surface area contributed by atoms with E-state index in [0.717, 1.165) is 0 Å². The molecule has 0 bridgehead atoms. The number of hydrogen-bond acceptors (Lipinski definition) is 6. The lowest BCUT2D eigenvalue weighted by atomic mass is 9.71. The van der Waals surface area contributed by atoms with Crippen molar-refractivity contribution in [1.82, 2.24) is 0 Å². The normalized spacial score (nSPS) is 31.3. The van der Waals surface area contributed by atoms with Crippen molar-refractivity contribution in [3.63, 3.8) is 0 Å². The first-order valence-corrected chi connectivity index (χ1v) is 4.84. The van der Waals surface area contributed by atoms with E-state index in [9.17, 15) is 0 Å². The summed E-state index contributed by atoms with van der Waals surface area (Å²) in [4.78, 5) is 0. The maximum Gasteiger partial charge on any atom is 0.238 e. The van der Waals surface area contributed by atoms with Gasteiger partial charge in [-0.05, 0) is 6.92 Å². The fraction of sp³-hybridized carbons (Fsp3) is 0.500. The van der Waals surface area contributed by atoms with Crippen LogP contribution in [-0.2, 0) is 0 Å². The highest BCUT2D eigenvalue weighted by Gasteiger charge is 2.92. The summed E-state index contributed by atoms with van der Waals surface area (Å²) < 4.78 is 0. The average molecular weight is 234 g/mol. The van der Waals surface area contributed by atoms with Crippen LogP contribution in [0, 0.1) is 89.6 Å². The van der Waals surface area contributed by atoms with Gasteiger partial charge in [-0.15, -0.1) is 0 Å². The SMILES string of the molecule is CC1(C#N)C(C#N)(C#N)C1(C)C(C#N)(C#N)C#N. The molecule has 2 unspecified atom stereocenters. The second-order valence-electron chi connectivity index (χ2n) is 4.42. The third kappa shape index (κ3) is 0.770. The van der Waals surface area contributed by atoms with E-state index in [1.807, 2.05) is 6.07 Å². The van der Waals surface area contributed by atoms with Gasteiger partial charge in [0.2, 0.25) is 5.41 Å². The summed E-state index contributed by atoms with van der Waals surface area (Å²) in [6, 6.07) is 9.88. The topological polar surface area (TPSA) is 143 Å². The fourth-order valence-electron chi connectivity index (χ4n) is 2.64. The van der Waals surface area contributed by atoms with Crippen LogP contribution in [0.1, 0.15) is 13.8 Å². The molecule has 1 saturated carbocycles. The second-order valence-corrected chi connectivity index (χ2v) is 4.42. The molecule has 0 aromatic carbocycles. The number of nitrogens with zero attached hydrogens (tertiary/aromatic N) is 6. The minimum absolute atomic E-state index is 1.29. The average Bonchev–Trinajstić information content (AvgIpc) is 2.86. The minimum Gasteiger partial charge on any atom is -0.198 e. The van der Waals surface area contributed by atoms with Crippen LogP contribution in [0.3, 0.4) is 0 Å². The van der Waals surface area contributed by atoms with Gasteiger partial charge >= 0.3 is 0 Å². The molecule has 0 saturated heterocycles. The molecule has 18 heavy (non-hydrogen) atoms. The Morgan fingerprint density at radius 1 is 0.722 bits per heavy atom. The molecule has 84 valence electrons. The summed E-state index contributed by atoms with van der Waals surface area (Å²) in [7, 11) is 0. The molecule has 0 aliphatic heterocycles. The molecule has 0 amide bonds. The molecule has 1 aliphatic rings. The van der Waals surface area contributed by atoms with Crippen LogP contribution in [0.25, 0.3) is 0 Å². The molecule has 0 N–H and O–H groups in total. The molecule has 0 aromatic rings. The maximum atomic E-state index is 9.17. The highest BCUT2D eigenvalue weighted by Crippen LogP contribution is 2.82. The van der Waals surface area contributed by atoms with Crippen molar-refractivity contribution < 1.29 is 0 Å². The van der Waals surface area contributed by atoms with Crippen molar-refractivity contribution in [2.45, 2.75) is 13.8 Å². The van der Waals surface area contributed by atoms with Gasteiger partial charge in [0.25, 0.3) is 0 Å². The summed E-state index contributed by atoms with van der Waals surface area (Å²) in [6.45, 7) is 2.61. The highest BCUT2D eigenvalue weighted by atomic mass is 14.9. The maximum absolute atomic E-state index is 9.17. The van der Waals surface area contributed by atoms with Crippen LogP contribution in [-0.4, -0.2) is 0 Å². The van der Waals surface area contributed by atoms with Gasteiger partial charge in [-0.25, -0.2) is 0 Å². The Balaban J connectivity index is 3.76. The standard InChI is InChI=1S/C12H6N6/c1-9(3-13)10(2,12(9,7-17)8-18)11(4-14,5-15)6-16/h1-2H3. The lowest BCUT2D eigenvalue weighted by Crippen LogP contribution is -2.31. The molecule has 0 aromatic heterocycles. The second kappa shape index (κ2) is 3.22. The van der Waals surface area contributed by atoms with E-state index in [0.29, 0.717) is 0 Å². The van der Waals surface area contributed by atoms with Gasteiger partial charge < -0.3 is 0 Å². The monoisotopic (exact) mass is 234 g/mol. The van der Waals surface area contributed by atoms with E-state index >= 15 is 0 Å². The Bertz CT molecular complexity index is 614. The Kier molecular flexibility index (Phi) is 2.32. The van der Waals surface area contributed by atoms with Gasteiger partial charge in [0.05, 0.1) is 29.0 Å². The Labute approximate surface area is 104 Å². The summed E-state index contributed by atoms with van der Waals surface area (Å²) in [5.41, 5.74) is -7.22. The van der Waals surface area contributed by atoms with Crippen LogP contribution in [0.15, 0.2) is 0 Å². The first kappa shape index (κ1) is 13.0. The first-order valence-electron chi connectivity index (χ1n) is 4.84. The van der Waals surface area contributed by atoms with Crippen LogP contribution in [0.5, 0.6) is 0 Å². The first-order chi connectivity index (χ1) is 8.36. The third-order valence-electron chi connectivity index (χ3n) is 4.25. The van der Waals surface area contributed by atoms with Crippen molar-refractivity contribution in [3.8, 4) is 36.4 Å². The predicted octanol–water partition coefficient (Wildman–Crippen LogP) is 1.13. The molecule has 2 atom stereocenters. The lowest BCUT2D eigenvalue weighted by molar-refractivity contribution is 0.323. The zero-order chi connectivity index (χ0) is 14.2. The van der Waals surface area contributed by atoms with E-state index < -0.39 is 21.7 Å². The van der Waals surface area contributed by atoms with Crippen LogP contribution < -0.4 is 0 Å². The minimum atomic E-state index is -2.21. The molecule has 0 heterocycles. The van der Waals surface area contributed by atoms with Gasteiger partial charge in [-0.2, -0.15) is 31.6 Å². The Hall–Kier alpha value is -3.06. The summed E-state index contributed by atoms with van der Waals surface area (Å²) in [5.74, 6) is 0. The molecule has 6 nitrogen and oxygen atoms in total. The van der Waals surface area contributed by atoms with E-state index in [1.54, 1.807) is 30.3 Å². The molecular weight excluding hydrogens is 228 g/mol. The smallest absolute Gasteiger partial charge is 0.198 e. The molecule has 1 fully saturated rings. The largest absolute Gasteiger partial charge is 0.238 e. The van der Waals surface area contributed by atoms with Gasteiger partial charge in [0.15, 0.2) is 5.41 Å². The highest BCUT2D eigenvalue weighted by molar-refractivity contribution is 5.57. The van der Waals surface area contributed by atoms with E-state index in [1.165, 1.54) is 13.8 Å². The summed E-state index contributed by atoms with van der Waals surface area (Å²) in [5, 5.41) is 54.7. The molecule has 1 aliphatic carbocycles. The molecule has 1 rings (SSSR count). The number of rotatable bonds is 1. The lowest BCUT2D eigenvalue weighted by Gasteiger charge is -2.20. The summed E-state index contributed by atoms with van der Waals surface area (Å²) in [6.07, 6.45) is 0. The van der Waals surface area contributed by atoms with Crippen LogP contribution in [0.2, 0.25) is 0 Å². The predicted molar refractivity (Wildman–Crippen MR) is 54.8 cm³/mol. The Morgan fingerprint density at radius 2 is 1.11 bits per heavy atom. The van der Waals surface area contributed by atoms with Crippen molar-refractivity contribution >= 4 is 0 Å². The van der Waals surface area contributed by atoms with Gasteiger partial charge in [0, 0.05) is 0 Å². The van der Waals surface area contributed by atoms with Crippen molar-refractivity contribution in [1.29, 1.82) is 31.6 Å². The van der Waals surface area contributed by atoms with Gasteiger partial charge in [-0.1, -0.05) is 6.92 Å². The van der Waals surface area contributed by atoms with Crippen molar-refractivity contribution in [2.75, 3.05) is 0 Å². The fourth-order valence-corrected chi connectivity index (χ4v) is 2.64. The van der Waals surface area contributed by atoms with E-state index in [4.69, 9.17) is 31.6 Å². The quantitative estimate of drug-likeness (QED) is 0.665. The zero-order valence-electron chi connectivity index (χ0n) is 9.68. The van der Waals surface area contributed by atoms with Crippen LogP contribution in [0.4, 0.5) is 0 Å². The van der Waals surface area contributed by atoms with E-state index in [-0.39, 0.29) is 0 Å². The number of nitriles is 6. The Morgan fingerprint density at radius 3 is 1.28 bits per heavy atom. The zero-order valence-corrected chi connectivity index (χ0v) is 9.68. The van der Waals surface area contributed by atoms with E-state index in [2.05, 4.69) is 0 Å². The van der Waals surface area contributed by atoms with Crippen molar-refractivity contribution in [3.05, 3.63) is 0 Å².